The molecule has 5 heteroatoms. The van der Waals surface area contributed by atoms with Gasteiger partial charge in [-0.3, -0.25) is 0 Å². The van der Waals surface area contributed by atoms with Gasteiger partial charge >= 0.3 is 12.1 Å². The summed E-state index contributed by atoms with van der Waals surface area (Å²) >= 11 is 0. The molecule has 0 saturated carbocycles. The van der Waals surface area contributed by atoms with Gasteiger partial charge in [0.25, 0.3) is 0 Å². The molecule has 0 aliphatic carbocycles. The molecule has 80 valence electrons. The molecule has 0 heterocycles. The van der Waals surface area contributed by atoms with Gasteiger partial charge in [0.1, 0.15) is 6.04 Å². The second-order valence-electron chi connectivity index (χ2n) is 2.46. The van der Waals surface area contributed by atoms with Crippen LogP contribution >= 0.6 is 0 Å². The zero-order valence-corrected chi connectivity index (χ0v) is 8.41. The SMILES string of the molecule is C=CCC(NC(=O)OC)C(=O)OCC. The number of methoxy groups -OCH3 is 1. The van der Waals surface area contributed by atoms with E-state index in [9.17, 15) is 9.59 Å². The van der Waals surface area contributed by atoms with Gasteiger partial charge in [-0.1, -0.05) is 6.08 Å². The van der Waals surface area contributed by atoms with Crippen molar-refractivity contribution in [3.05, 3.63) is 12.7 Å². The number of hydrogen-bond acceptors (Lipinski definition) is 4. The normalized spacial score (nSPS) is 11.3. The molecule has 1 atom stereocenters. The molecule has 0 spiro atoms. The number of rotatable bonds is 5. The highest BCUT2D eigenvalue weighted by atomic mass is 16.5. The second-order valence-corrected chi connectivity index (χ2v) is 2.46. The Balaban J connectivity index is 4.19. The first kappa shape index (κ1) is 12.5. The molecule has 0 bridgehead atoms. The third-order valence-corrected chi connectivity index (χ3v) is 1.45. The van der Waals surface area contributed by atoms with Gasteiger partial charge in [-0.05, 0) is 13.3 Å². The van der Waals surface area contributed by atoms with Gasteiger partial charge in [-0.15, -0.1) is 6.58 Å². The summed E-state index contributed by atoms with van der Waals surface area (Å²) in [5.41, 5.74) is 0. The van der Waals surface area contributed by atoms with Gasteiger partial charge in [0, 0.05) is 0 Å². The molecule has 5 nitrogen and oxygen atoms in total. The molecule has 14 heavy (non-hydrogen) atoms. The van der Waals surface area contributed by atoms with E-state index in [-0.39, 0.29) is 6.61 Å². The van der Waals surface area contributed by atoms with E-state index in [1.807, 2.05) is 0 Å². The van der Waals surface area contributed by atoms with Crippen LogP contribution < -0.4 is 5.32 Å². The van der Waals surface area contributed by atoms with Gasteiger partial charge in [0.05, 0.1) is 13.7 Å². The largest absolute Gasteiger partial charge is 0.464 e. The Morgan fingerprint density at radius 1 is 1.57 bits per heavy atom. The fraction of sp³-hybridized carbons (Fsp3) is 0.556. The smallest absolute Gasteiger partial charge is 0.407 e. The number of alkyl carbamates (subject to hydrolysis) is 1. The van der Waals surface area contributed by atoms with Crippen molar-refractivity contribution in [2.45, 2.75) is 19.4 Å². The molecule has 0 aromatic carbocycles. The maximum atomic E-state index is 11.2. The van der Waals surface area contributed by atoms with Crippen molar-refractivity contribution in [1.29, 1.82) is 0 Å². The molecule has 1 N–H and O–H groups in total. The topological polar surface area (TPSA) is 64.6 Å². The lowest BCUT2D eigenvalue weighted by molar-refractivity contribution is -0.145. The molecule has 0 aliphatic rings. The summed E-state index contributed by atoms with van der Waals surface area (Å²) in [6, 6.07) is -0.722. The van der Waals surface area contributed by atoms with Crippen molar-refractivity contribution >= 4 is 12.1 Å². The van der Waals surface area contributed by atoms with Crippen molar-refractivity contribution in [2.24, 2.45) is 0 Å². The number of amides is 1. The number of carbonyl (C=O) groups excluding carboxylic acids is 2. The molecule has 0 saturated heterocycles. The maximum absolute atomic E-state index is 11.2. The molecular weight excluding hydrogens is 186 g/mol. The number of hydrogen-bond donors (Lipinski definition) is 1. The van der Waals surface area contributed by atoms with Gasteiger partial charge in [0.2, 0.25) is 0 Å². The molecule has 1 unspecified atom stereocenters. The summed E-state index contributed by atoms with van der Waals surface area (Å²) in [7, 11) is 1.23. The molecule has 0 radical (unpaired) electrons. The molecular formula is C9H15NO4. The lowest BCUT2D eigenvalue weighted by atomic mass is 10.2. The van der Waals surface area contributed by atoms with E-state index >= 15 is 0 Å². The van der Waals surface area contributed by atoms with Crippen LogP contribution in [0.3, 0.4) is 0 Å². The van der Waals surface area contributed by atoms with Crippen LogP contribution in [-0.2, 0) is 14.3 Å². The number of carbonyl (C=O) groups is 2. The van der Waals surface area contributed by atoms with Crippen LogP contribution in [-0.4, -0.2) is 31.8 Å². The van der Waals surface area contributed by atoms with Crippen molar-refractivity contribution in [2.75, 3.05) is 13.7 Å². The van der Waals surface area contributed by atoms with Crippen LogP contribution in [0.1, 0.15) is 13.3 Å². The Kier molecular flexibility index (Phi) is 6.19. The van der Waals surface area contributed by atoms with E-state index in [0.717, 1.165) is 0 Å². The van der Waals surface area contributed by atoms with Gasteiger partial charge < -0.3 is 14.8 Å². The third kappa shape index (κ3) is 4.49. The summed E-state index contributed by atoms with van der Waals surface area (Å²) < 4.78 is 9.11. The fourth-order valence-corrected chi connectivity index (χ4v) is 0.825. The number of nitrogens with one attached hydrogen (secondary N) is 1. The lowest BCUT2D eigenvalue weighted by Gasteiger charge is -2.14. The van der Waals surface area contributed by atoms with Crippen molar-refractivity contribution in [3.8, 4) is 0 Å². The molecule has 0 rings (SSSR count). The van der Waals surface area contributed by atoms with Crippen LogP contribution in [0.4, 0.5) is 4.79 Å². The fourth-order valence-electron chi connectivity index (χ4n) is 0.825. The monoisotopic (exact) mass is 201 g/mol. The Hall–Kier alpha value is -1.52. The van der Waals surface area contributed by atoms with E-state index < -0.39 is 18.1 Å². The standard InChI is InChI=1S/C9H15NO4/c1-4-6-7(8(11)14-5-2)10-9(12)13-3/h4,7H,1,5-6H2,2-3H3,(H,10,12). The Labute approximate surface area is 83.1 Å². The predicted octanol–water partition coefficient (Wildman–Crippen LogP) is 0.850. The van der Waals surface area contributed by atoms with E-state index in [4.69, 9.17) is 4.74 Å². The summed E-state index contributed by atoms with van der Waals surface area (Å²) in [6.07, 6.45) is 1.18. The minimum absolute atomic E-state index is 0.273. The van der Waals surface area contributed by atoms with Gasteiger partial charge in [0.15, 0.2) is 0 Å². The van der Waals surface area contributed by atoms with E-state index in [0.29, 0.717) is 6.42 Å². The van der Waals surface area contributed by atoms with Crippen molar-refractivity contribution in [3.63, 3.8) is 0 Å². The lowest BCUT2D eigenvalue weighted by Crippen LogP contribution is -2.41. The average molecular weight is 201 g/mol. The maximum Gasteiger partial charge on any atom is 0.407 e. The Morgan fingerprint density at radius 3 is 2.64 bits per heavy atom. The molecule has 0 aromatic rings. The quantitative estimate of drug-likeness (QED) is 0.529. The van der Waals surface area contributed by atoms with Crippen LogP contribution in [0, 0.1) is 0 Å². The average Bonchev–Trinajstić information content (AvgIpc) is 2.17. The van der Waals surface area contributed by atoms with Gasteiger partial charge in [-0.2, -0.15) is 0 Å². The highest BCUT2D eigenvalue weighted by Crippen LogP contribution is 1.97. The summed E-state index contributed by atoms with van der Waals surface area (Å²) in [5, 5.41) is 2.35. The molecule has 1 amide bonds. The zero-order chi connectivity index (χ0) is 11.0. The number of esters is 1. The van der Waals surface area contributed by atoms with E-state index in [1.165, 1.54) is 13.2 Å². The van der Waals surface area contributed by atoms with Crippen LogP contribution in [0.25, 0.3) is 0 Å². The predicted molar refractivity (Wildman–Crippen MR) is 50.8 cm³/mol. The summed E-state index contributed by atoms with van der Waals surface area (Å²) in [5.74, 6) is -0.488. The molecule has 0 fully saturated rings. The number of ether oxygens (including phenoxy) is 2. The second kappa shape index (κ2) is 6.94. The summed E-state index contributed by atoms with van der Waals surface area (Å²) in [6.45, 7) is 5.44. The van der Waals surface area contributed by atoms with Crippen LogP contribution in [0.2, 0.25) is 0 Å². The first-order valence-corrected chi connectivity index (χ1v) is 4.27. The first-order valence-electron chi connectivity index (χ1n) is 4.27. The van der Waals surface area contributed by atoms with Crippen LogP contribution in [0.5, 0.6) is 0 Å². The van der Waals surface area contributed by atoms with Crippen molar-refractivity contribution < 1.29 is 19.1 Å². The minimum atomic E-state index is -0.722. The zero-order valence-electron chi connectivity index (χ0n) is 8.41. The third-order valence-electron chi connectivity index (χ3n) is 1.45. The molecule has 0 aliphatic heterocycles. The van der Waals surface area contributed by atoms with Gasteiger partial charge in [-0.25, -0.2) is 9.59 Å². The highest BCUT2D eigenvalue weighted by Gasteiger charge is 2.20. The Morgan fingerprint density at radius 2 is 2.21 bits per heavy atom. The van der Waals surface area contributed by atoms with E-state index in [2.05, 4.69) is 16.6 Å². The van der Waals surface area contributed by atoms with E-state index in [1.54, 1.807) is 6.92 Å². The highest BCUT2D eigenvalue weighted by molar-refractivity contribution is 5.81. The minimum Gasteiger partial charge on any atom is -0.464 e. The summed E-state index contributed by atoms with van der Waals surface area (Å²) in [4.78, 5) is 22.1. The van der Waals surface area contributed by atoms with Crippen molar-refractivity contribution in [1.82, 2.24) is 5.32 Å². The van der Waals surface area contributed by atoms with Crippen LogP contribution in [0.15, 0.2) is 12.7 Å². The first-order chi connectivity index (χ1) is 6.65. The Bertz CT molecular complexity index is 215. The molecule has 0 aromatic heterocycles.